The second-order valence-electron chi connectivity index (χ2n) is 5.97. The van der Waals surface area contributed by atoms with Gasteiger partial charge >= 0.3 is 0 Å². The average molecular weight is 260 g/mol. The molecule has 2 heteroatoms. The van der Waals surface area contributed by atoms with E-state index in [9.17, 15) is 0 Å². The highest BCUT2D eigenvalue weighted by atomic mass is 15.2. The zero-order valence-electron chi connectivity index (χ0n) is 12.8. The lowest BCUT2D eigenvalue weighted by atomic mass is 10.0. The molecular formula is C17H28N2. The zero-order chi connectivity index (χ0) is 13.8. The first kappa shape index (κ1) is 14.5. The van der Waals surface area contributed by atoms with Crippen LogP contribution in [0.3, 0.4) is 0 Å². The van der Waals surface area contributed by atoms with Gasteiger partial charge in [-0.05, 0) is 51.3 Å². The Kier molecular flexibility index (Phi) is 5.00. The van der Waals surface area contributed by atoms with Crippen molar-refractivity contribution in [2.24, 2.45) is 0 Å². The average Bonchev–Trinajstić information content (AvgIpc) is 3.28. The van der Waals surface area contributed by atoms with Crippen molar-refractivity contribution < 1.29 is 0 Å². The minimum absolute atomic E-state index is 0.431. The van der Waals surface area contributed by atoms with Crippen LogP contribution in [0, 0.1) is 0 Å². The van der Waals surface area contributed by atoms with E-state index >= 15 is 0 Å². The number of nitrogens with one attached hydrogen (secondary N) is 1. The number of likely N-dealkylation sites (N-methyl/N-ethyl adjacent to an activating group) is 1. The third kappa shape index (κ3) is 4.05. The first-order valence-corrected chi connectivity index (χ1v) is 7.66. The molecule has 0 aromatic heterocycles. The van der Waals surface area contributed by atoms with Crippen LogP contribution in [0.4, 0.5) is 0 Å². The summed E-state index contributed by atoms with van der Waals surface area (Å²) >= 11 is 0. The van der Waals surface area contributed by atoms with Gasteiger partial charge in [0.2, 0.25) is 0 Å². The van der Waals surface area contributed by atoms with Gasteiger partial charge < -0.3 is 5.32 Å². The lowest BCUT2D eigenvalue weighted by Crippen LogP contribution is -2.39. The maximum Gasteiger partial charge on any atom is 0.0292 e. The van der Waals surface area contributed by atoms with E-state index in [1.807, 2.05) is 0 Å². The molecule has 1 N–H and O–H groups in total. The van der Waals surface area contributed by atoms with Crippen molar-refractivity contribution >= 4 is 0 Å². The van der Waals surface area contributed by atoms with Gasteiger partial charge in [-0.25, -0.2) is 0 Å². The number of benzene rings is 1. The Bertz CT molecular complexity index is 381. The molecule has 0 aliphatic heterocycles. The van der Waals surface area contributed by atoms with E-state index < -0.39 is 0 Å². The first-order valence-electron chi connectivity index (χ1n) is 7.66. The fraction of sp³-hybridized carbons (Fsp3) is 0.647. The largest absolute Gasteiger partial charge is 0.309 e. The molecule has 0 bridgehead atoms. The van der Waals surface area contributed by atoms with Gasteiger partial charge in [-0.2, -0.15) is 0 Å². The quantitative estimate of drug-likeness (QED) is 0.808. The van der Waals surface area contributed by atoms with Gasteiger partial charge in [-0.15, -0.1) is 0 Å². The van der Waals surface area contributed by atoms with Crippen molar-refractivity contribution in [1.82, 2.24) is 10.2 Å². The van der Waals surface area contributed by atoms with E-state index in [0.717, 1.165) is 19.0 Å². The number of hydrogen-bond acceptors (Lipinski definition) is 2. The Hall–Kier alpha value is -0.860. The molecule has 1 saturated carbocycles. The summed E-state index contributed by atoms with van der Waals surface area (Å²) in [4.78, 5) is 2.51. The van der Waals surface area contributed by atoms with Crippen LogP contribution in [0.5, 0.6) is 0 Å². The molecule has 19 heavy (non-hydrogen) atoms. The smallest absolute Gasteiger partial charge is 0.0292 e. The summed E-state index contributed by atoms with van der Waals surface area (Å²) in [6, 6.07) is 10.9. The molecule has 2 atom stereocenters. The van der Waals surface area contributed by atoms with Gasteiger partial charge in [-0.3, -0.25) is 4.90 Å². The Balaban J connectivity index is 1.80. The van der Waals surface area contributed by atoms with Crippen molar-refractivity contribution in [2.75, 3.05) is 13.6 Å². The Morgan fingerprint density at radius 1 is 1.21 bits per heavy atom. The van der Waals surface area contributed by atoms with E-state index in [1.54, 1.807) is 0 Å². The summed E-state index contributed by atoms with van der Waals surface area (Å²) in [5.74, 6) is 0. The van der Waals surface area contributed by atoms with E-state index in [-0.39, 0.29) is 0 Å². The predicted octanol–water partition coefficient (Wildman–Crippen LogP) is 3.38. The summed E-state index contributed by atoms with van der Waals surface area (Å²) < 4.78 is 0. The second-order valence-corrected chi connectivity index (χ2v) is 5.97. The Morgan fingerprint density at radius 2 is 1.84 bits per heavy atom. The predicted molar refractivity (Wildman–Crippen MR) is 82.5 cm³/mol. The molecule has 1 aromatic carbocycles. The highest BCUT2D eigenvalue weighted by Gasteiger charge is 2.28. The fourth-order valence-corrected chi connectivity index (χ4v) is 2.49. The monoisotopic (exact) mass is 260 g/mol. The molecule has 1 aliphatic carbocycles. The van der Waals surface area contributed by atoms with Crippen LogP contribution in [0.2, 0.25) is 0 Å². The zero-order valence-corrected chi connectivity index (χ0v) is 12.8. The van der Waals surface area contributed by atoms with Gasteiger partial charge in [0.15, 0.2) is 0 Å². The van der Waals surface area contributed by atoms with Crippen LogP contribution < -0.4 is 5.32 Å². The van der Waals surface area contributed by atoms with Crippen molar-refractivity contribution in [3.05, 3.63) is 35.4 Å². The molecule has 106 valence electrons. The summed E-state index contributed by atoms with van der Waals surface area (Å²) in [5.41, 5.74) is 2.80. The Labute approximate surface area is 118 Å². The molecule has 1 aliphatic rings. The standard InChI is InChI=1S/C17H28N2/c1-5-15-6-8-16(9-7-15)14(3)18-12-13(2)19(4)17-10-11-17/h6-9,13-14,17-18H,5,10-12H2,1-4H3. The maximum atomic E-state index is 3.66. The SMILES string of the molecule is CCc1ccc(C(C)NCC(C)N(C)C2CC2)cc1. The van der Waals surface area contributed by atoms with Crippen LogP contribution in [0.15, 0.2) is 24.3 Å². The van der Waals surface area contributed by atoms with E-state index in [0.29, 0.717) is 12.1 Å². The summed E-state index contributed by atoms with van der Waals surface area (Å²) in [6.45, 7) is 7.83. The van der Waals surface area contributed by atoms with Crippen molar-refractivity contribution in [2.45, 2.75) is 58.2 Å². The molecule has 0 amide bonds. The molecule has 2 unspecified atom stereocenters. The minimum atomic E-state index is 0.431. The van der Waals surface area contributed by atoms with E-state index in [4.69, 9.17) is 0 Å². The number of hydrogen-bond donors (Lipinski definition) is 1. The lowest BCUT2D eigenvalue weighted by Gasteiger charge is -2.26. The van der Waals surface area contributed by atoms with E-state index in [1.165, 1.54) is 24.0 Å². The van der Waals surface area contributed by atoms with Crippen molar-refractivity contribution in [3.63, 3.8) is 0 Å². The van der Waals surface area contributed by atoms with Gasteiger partial charge in [-0.1, -0.05) is 31.2 Å². The molecule has 1 fully saturated rings. The molecule has 0 radical (unpaired) electrons. The molecular weight excluding hydrogens is 232 g/mol. The van der Waals surface area contributed by atoms with Gasteiger partial charge in [0.1, 0.15) is 0 Å². The number of aryl methyl sites for hydroxylation is 1. The van der Waals surface area contributed by atoms with Crippen LogP contribution in [-0.4, -0.2) is 30.6 Å². The van der Waals surface area contributed by atoms with Crippen LogP contribution in [-0.2, 0) is 6.42 Å². The lowest BCUT2D eigenvalue weighted by molar-refractivity contribution is 0.237. The number of nitrogens with zero attached hydrogens (tertiary/aromatic N) is 1. The van der Waals surface area contributed by atoms with Gasteiger partial charge in [0.25, 0.3) is 0 Å². The maximum absolute atomic E-state index is 3.66. The highest BCUT2D eigenvalue weighted by Crippen LogP contribution is 2.26. The minimum Gasteiger partial charge on any atom is -0.309 e. The third-order valence-electron chi connectivity index (χ3n) is 4.43. The molecule has 0 heterocycles. The molecule has 2 rings (SSSR count). The van der Waals surface area contributed by atoms with Gasteiger partial charge in [0.05, 0.1) is 0 Å². The first-order chi connectivity index (χ1) is 9.11. The fourth-order valence-electron chi connectivity index (χ4n) is 2.49. The second kappa shape index (κ2) is 6.53. The third-order valence-corrected chi connectivity index (χ3v) is 4.43. The molecule has 1 aromatic rings. The summed E-state index contributed by atoms with van der Waals surface area (Å²) in [7, 11) is 2.25. The van der Waals surface area contributed by atoms with Gasteiger partial charge in [0, 0.05) is 24.7 Å². The topological polar surface area (TPSA) is 15.3 Å². The summed E-state index contributed by atoms with van der Waals surface area (Å²) in [6.07, 6.45) is 3.88. The van der Waals surface area contributed by atoms with Crippen molar-refractivity contribution in [1.29, 1.82) is 0 Å². The molecule has 0 spiro atoms. The molecule has 2 nitrogen and oxygen atoms in total. The summed E-state index contributed by atoms with van der Waals surface area (Å²) in [5, 5.41) is 3.66. The normalized spacial score (nSPS) is 18.6. The molecule has 0 saturated heterocycles. The van der Waals surface area contributed by atoms with E-state index in [2.05, 4.69) is 62.3 Å². The van der Waals surface area contributed by atoms with Crippen LogP contribution in [0.1, 0.15) is 50.8 Å². The van der Waals surface area contributed by atoms with Crippen molar-refractivity contribution in [3.8, 4) is 0 Å². The van der Waals surface area contributed by atoms with Crippen LogP contribution >= 0.6 is 0 Å². The Morgan fingerprint density at radius 3 is 2.37 bits per heavy atom. The van der Waals surface area contributed by atoms with Crippen LogP contribution in [0.25, 0.3) is 0 Å². The highest BCUT2D eigenvalue weighted by molar-refractivity contribution is 5.24. The number of rotatable bonds is 7.